The summed E-state index contributed by atoms with van der Waals surface area (Å²) < 4.78 is 0. The Morgan fingerprint density at radius 3 is 2.44 bits per heavy atom. The summed E-state index contributed by atoms with van der Waals surface area (Å²) in [5.74, 6) is 0.177. The van der Waals surface area contributed by atoms with Gasteiger partial charge in [0, 0.05) is 0 Å². The molecule has 2 nitrogen and oxygen atoms in total. The maximum atomic E-state index is 11.1. The van der Waals surface area contributed by atoms with Gasteiger partial charge < -0.3 is 5.11 Å². The number of hydrogen-bond acceptors (Lipinski definition) is 1. The smallest absolute Gasteiger partial charge is 0.303 e. The number of rotatable bonds is 2. The Labute approximate surface area is 111 Å². The first-order chi connectivity index (χ1) is 8.19. The van der Waals surface area contributed by atoms with Crippen LogP contribution >= 0.6 is 0 Å². The van der Waals surface area contributed by atoms with Crippen LogP contribution in [0.5, 0.6) is 0 Å². The molecule has 0 heterocycles. The molecule has 0 amide bonds. The van der Waals surface area contributed by atoms with Crippen molar-refractivity contribution in [1.82, 2.24) is 0 Å². The Bertz CT molecular complexity index is 347. The number of carboxylic acids is 1. The first-order valence-corrected chi connectivity index (χ1v) is 7.40. The second kappa shape index (κ2) is 4.25. The molecule has 0 bridgehead atoms. The van der Waals surface area contributed by atoms with Crippen LogP contribution < -0.4 is 0 Å². The van der Waals surface area contributed by atoms with Crippen LogP contribution in [0.25, 0.3) is 0 Å². The summed E-state index contributed by atoms with van der Waals surface area (Å²) in [5.41, 5.74) is 0.690. The zero-order valence-corrected chi connectivity index (χ0v) is 12.4. The Hall–Kier alpha value is -0.530. The van der Waals surface area contributed by atoms with E-state index in [1.807, 2.05) is 0 Å². The molecule has 3 unspecified atom stereocenters. The molecular formula is C16H28O2. The molecule has 0 spiro atoms. The summed E-state index contributed by atoms with van der Waals surface area (Å²) in [6.45, 7) is 9.40. The minimum absolute atomic E-state index is 0.00565. The van der Waals surface area contributed by atoms with Gasteiger partial charge in [0.2, 0.25) is 0 Å². The lowest BCUT2D eigenvalue weighted by Gasteiger charge is -2.59. The highest BCUT2D eigenvalue weighted by molar-refractivity contribution is 5.67. The maximum absolute atomic E-state index is 11.1. The van der Waals surface area contributed by atoms with E-state index in [1.165, 1.54) is 25.7 Å². The Balaban J connectivity index is 2.24. The summed E-state index contributed by atoms with van der Waals surface area (Å²) in [5, 5.41) is 9.14. The van der Waals surface area contributed by atoms with E-state index < -0.39 is 5.97 Å². The van der Waals surface area contributed by atoms with Crippen LogP contribution in [0.4, 0.5) is 0 Å². The molecule has 2 saturated carbocycles. The molecule has 2 heteroatoms. The second-order valence-electron chi connectivity index (χ2n) is 7.99. The van der Waals surface area contributed by atoms with Gasteiger partial charge in [-0.05, 0) is 54.3 Å². The molecule has 0 saturated heterocycles. The van der Waals surface area contributed by atoms with Crippen molar-refractivity contribution in [3.63, 3.8) is 0 Å². The maximum Gasteiger partial charge on any atom is 0.303 e. The van der Waals surface area contributed by atoms with Crippen molar-refractivity contribution >= 4 is 5.97 Å². The van der Waals surface area contributed by atoms with E-state index in [2.05, 4.69) is 27.7 Å². The van der Waals surface area contributed by atoms with Crippen LogP contribution in [-0.2, 0) is 4.79 Å². The van der Waals surface area contributed by atoms with E-state index in [0.29, 0.717) is 17.3 Å². The first kappa shape index (κ1) is 13.9. The Kier molecular flexibility index (Phi) is 3.28. The van der Waals surface area contributed by atoms with E-state index in [4.69, 9.17) is 5.11 Å². The SMILES string of the molecule is CC1(CC(=O)O)CCC2CCCC(C)(C)C2(C)C1. The van der Waals surface area contributed by atoms with Crippen molar-refractivity contribution < 1.29 is 9.90 Å². The molecule has 2 aliphatic carbocycles. The average molecular weight is 252 g/mol. The number of fused-ring (bicyclic) bond motifs is 1. The highest BCUT2D eigenvalue weighted by Gasteiger charge is 2.54. The standard InChI is InChI=1S/C16H28O2/c1-14(2)8-5-6-12-7-9-15(3,10-13(17)18)11-16(12,14)4/h12H,5-11H2,1-4H3,(H,17,18). The third kappa shape index (κ3) is 2.19. The topological polar surface area (TPSA) is 37.3 Å². The quantitative estimate of drug-likeness (QED) is 0.786. The van der Waals surface area contributed by atoms with Gasteiger partial charge in [-0.3, -0.25) is 4.79 Å². The Morgan fingerprint density at radius 2 is 1.83 bits per heavy atom. The molecule has 0 radical (unpaired) electrons. The molecule has 2 aliphatic rings. The van der Waals surface area contributed by atoms with Gasteiger partial charge in [0.15, 0.2) is 0 Å². The highest BCUT2D eigenvalue weighted by atomic mass is 16.4. The van der Waals surface area contributed by atoms with E-state index in [-0.39, 0.29) is 5.41 Å². The van der Waals surface area contributed by atoms with Gasteiger partial charge in [-0.25, -0.2) is 0 Å². The zero-order chi connectivity index (χ0) is 13.6. The highest BCUT2D eigenvalue weighted by Crippen LogP contribution is 2.63. The lowest BCUT2D eigenvalue weighted by Crippen LogP contribution is -2.51. The second-order valence-corrected chi connectivity index (χ2v) is 7.99. The van der Waals surface area contributed by atoms with Crippen LogP contribution in [0.1, 0.15) is 72.6 Å². The molecule has 3 atom stereocenters. The lowest BCUT2D eigenvalue weighted by molar-refractivity contribution is -0.145. The minimum Gasteiger partial charge on any atom is -0.481 e. The summed E-state index contributed by atoms with van der Waals surface area (Å²) >= 11 is 0. The average Bonchev–Trinajstić information content (AvgIpc) is 2.18. The predicted molar refractivity (Wildman–Crippen MR) is 73.4 cm³/mol. The largest absolute Gasteiger partial charge is 0.481 e. The van der Waals surface area contributed by atoms with Gasteiger partial charge in [-0.1, -0.05) is 34.1 Å². The third-order valence-electron chi connectivity index (χ3n) is 6.27. The monoisotopic (exact) mass is 252 g/mol. The van der Waals surface area contributed by atoms with E-state index >= 15 is 0 Å². The fourth-order valence-electron chi connectivity index (χ4n) is 4.81. The molecule has 1 N–H and O–H groups in total. The first-order valence-electron chi connectivity index (χ1n) is 7.40. The van der Waals surface area contributed by atoms with E-state index in [9.17, 15) is 4.79 Å². The summed E-state index contributed by atoms with van der Waals surface area (Å²) in [6.07, 6.45) is 7.74. The minimum atomic E-state index is -0.631. The van der Waals surface area contributed by atoms with Crippen LogP contribution in [0.15, 0.2) is 0 Å². The summed E-state index contributed by atoms with van der Waals surface area (Å²) in [7, 11) is 0. The zero-order valence-electron chi connectivity index (χ0n) is 12.4. The molecule has 0 aromatic heterocycles. The molecule has 18 heavy (non-hydrogen) atoms. The number of carboxylic acid groups (broad SMARTS) is 1. The molecule has 2 rings (SSSR count). The van der Waals surface area contributed by atoms with E-state index in [0.717, 1.165) is 18.8 Å². The van der Waals surface area contributed by atoms with Gasteiger partial charge in [0.1, 0.15) is 0 Å². The van der Waals surface area contributed by atoms with Gasteiger partial charge in [0.25, 0.3) is 0 Å². The predicted octanol–water partition coefficient (Wildman–Crippen LogP) is 4.48. The van der Waals surface area contributed by atoms with E-state index in [1.54, 1.807) is 0 Å². The molecule has 104 valence electrons. The summed E-state index contributed by atoms with van der Waals surface area (Å²) in [6, 6.07) is 0. The van der Waals surface area contributed by atoms with Crippen molar-refractivity contribution in [1.29, 1.82) is 0 Å². The van der Waals surface area contributed by atoms with Crippen LogP contribution in [0.2, 0.25) is 0 Å². The van der Waals surface area contributed by atoms with Crippen LogP contribution in [0.3, 0.4) is 0 Å². The lowest BCUT2D eigenvalue weighted by atomic mass is 9.45. The Morgan fingerprint density at radius 1 is 1.17 bits per heavy atom. The molecule has 0 aliphatic heterocycles. The summed E-state index contributed by atoms with van der Waals surface area (Å²) in [4.78, 5) is 11.1. The van der Waals surface area contributed by atoms with Crippen molar-refractivity contribution in [2.45, 2.75) is 72.6 Å². The van der Waals surface area contributed by atoms with Crippen molar-refractivity contribution in [3.05, 3.63) is 0 Å². The third-order valence-corrected chi connectivity index (χ3v) is 6.27. The van der Waals surface area contributed by atoms with Crippen molar-refractivity contribution in [2.24, 2.45) is 22.2 Å². The van der Waals surface area contributed by atoms with Crippen LogP contribution in [0, 0.1) is 22.2 Å². The number of carbonyl (C=O) groups is 1. The fourth-order valence-corrected chi connectivity index (χ4v) is 4.81. The molecule has 0 aromatic rings. The van der Waals surface area contributed by atoms with Gasteiger partial charge in [0.05, 0.1) is 6.42 Å². The van der Waals surface area contributed by atoms with Gasteiger partial charge in [-0.15, -0.1) is 0 Å². The number of hydrogen-bond donors (Lipinski definition) is 1. The van der Waals surface area contributed by atoms with Crippen molar-refractivity contribution in [3.8, 4) is 0 Å². The molecule has 0 aromatic carbocycles. The van der Waals surface area contributed by atoms with Gasteiger partial charge >= 0.3 is 5.97 Å². The fraction of sp³-hybridized carbons (Fsp3) is 0.938. The molecule has 2 fully saturated rings. The van der Waals surface area contributed by atoms with Crippen LogP contribution in [-0.4, -0.2) is 11.1 Å². The van der Waals surface area contributed by atoms with Crippen molar-refractivity contribution in [2.75, 3.05) is 0 Å². The van der Waals surface area contributed by atoms with Gasteiger partial charge in [-0.2, -0.15) is 0 Å². The number of aliphatic carboxylic acids is 1. The molecular weight excluding hydrogens is 224 g/mol. The normalized spacial score (nSPS) is 43.2.